The number of rotatable bonds is 5. The highest BCUT2D eigenvalue weighted by atomic mass is 35.5. The summed E-state index contributed by atoms with van der Waals surface area (Å²) in [6, 6.07) is 3.26. The summed E-state index contributed by atoms with van der Waals surface area (Å²) >= 11 is 12.1. The van der Waals surface area contributed by atoms with E-state index in [0.717, 1.165) is 0 Å². The summed E-state index contributed by atoms with van der Waals surface area (Å²) < 4.78 is 5.29. The van der Waals surface area contributed by atoms with Crippen molar-refractivity contribution in [2.24, 2.45) is 0 Å². The van der Waals surface area contributed by atoms with Crippen LogP contribution in [0.15, 0.2) is 24.3 Å². The van der Waals surface area contributed by atoms with Crippen LogP contribution in [-0.2, 0) is 0 Å². The van der Waals surface area contributed by atoms with Gasteiger partial charge in [-0.2, -0.15) is 0 Å². The first-order chi connectivity index (χ1) is 8.02. The van der Waals surface area contributed by atoms with Gasteiger partial charge in [0.1, 0.15) is 10.8 Å². The molecule has 2 nitrogen and oxygen atoms in total. The quantitative estimate of drug-likeness (QED) is 0.581. The van der Waals surface area contributed by atoms with Crippen molar-refractivity contribution in [2.45, 2.75) is 20.3 Å². The second-order valence-electron chi connectivity index (χ2n) is 3.46. The van der Waals surface area contributed by atoms with E-state index in [1.807, 2.05) is 13.8 Å². The molecule has 0 radical (unpaired) electrons. The average Bonchev–Trinajstić information content (AvgIpc) is 2.33. The van der Waals surface area contributed by atoms with Crippen LogP contribution in [0.5, 0.6) is 5.75 Å². The minimum absolute atomic E-state index is 0.178. The topological polar surface area (TPSA) is 26.3 Å². The molecule has 1 aromatic rings. The van der Waals surface area contributed by atoms with Crippen LogP contribution in [0.25, 0.3) is 0 Å². The smallest absolute Gasteiger partial charge is 0.189 e. The van der Waals surface area contributed by atoms with Gasteiger partial charge in [0.25, 0.3) is 0 Å². The summed E-state index contributed by atoms with van der Waals surface area (Å²) in [4.78, 5) is 11.9. The highest BCUT2D eigenvalue weighted by Crippen LogP contribution is 2.35. The Kier molecular flexibility index (Phi) is 5.03. The molecule has 0 saturated heterocycles. The van der Waals surface area contributed by atoms with Crippen molar-refractivity contribution in [3.8, 4) is 5.75 Å². The number of halogens is 2. The third-order valence-electron chi connectivity index (χ3n) is 2.34. The summed E-state index contributed by atoms with van der Waals surface area (Å²) in [5.41, 5.74) is 0.874. The molecule has 0 amide bonds. The van der Waals surface area contributed by atoms with Gasteiger partial charge in [-0.25, -0.2) is 0 Å². The predicted molar refractivity (Wildman–Crippen MR) is 71.4 cm³/mol. The second kappa shape index (κ2) is 6.08. The molecule has 0 fully saturated rings. The molecule has 17 heavy (non-hydrogen) atoms. The lowest BCUT2D eigenvalue weighted by molar-refractivity contribution is 0.103. The van der Waals surface area contributed by atoms with Crippen LogP contribution in [-0.4, -0.2) is 12.4 Å². The molecule has 0 aromatic heterocycles. The molecule has 0 aliphatic rings. The lowest BCUT2D eigenvalue weighted by Gasteiger charge is -2.10. The zero-order chi connectivity index (χ0) is 13.0. The van der Waals surface area contributed by atoms with Gasteiger partial charge in [0.2, 0.25) is 0 Å². The van der Waals surface area contributed by atoms with E-state index in [9.17, 15) is 4.79 Å². The summed E-state index contributed by atoms with van der Waals surface area (Å²) in [6.07, 6.45) is 0.583. The Morgan fingerprint density at radius 2 is 1.94 bits per heavy atom. The van der Waals surface area contributed by atoms with Gasteiger partial charge in [0.15, 0.2) is 5.78 Å². The Bertz CT molecular complexity index is 453. The SMILES string of the molecule is C=C(CC)C(=O)c1ccc(OCC)c(Cl)c1Cl. The van der Waals surface area contributed by atoms with Gasteiger partial charge in [-0.1, -0.05) is 36.7 Å². The van der Waals surface area contributed by atoms with E-state index >= 15 is 0 Å². The van der Waals surface area contributed by atoms with Gasteiger partial charge >= 0.3 is 0 Å². The number of ether oxygens (including phenoxy) is 1. The molecule has 92 valence electrons. The average molecular weight is 273 g/mol. The highest BCUT2D eigenvalue weighted by molar-refractivity contribution is 6.45. The lowest BCUT2D eigenvalue weighted by Crippen LogP contribution is -2.03. The van der Waals surface area contributed by atoms with Crippen LogP contribution in [0.2, 0.25) is 10.0 Å². The Balaban J connectivity index is 3.16. The molecule has 0 heterocycles. The van der Waals surface area contributed by atoms with Crippen LogP contribution >= 0.6 is 23.2 Å². The Morgan fingerprint density at radius 1 is 1.29 bits per heavy atom. The fourth-order valence-corrected chi connectivity index (χ4v) is 1.79. The molecule has 0 spiro atoms. The first-order valence-corrected chi connectivity index (χ1v) is 6.11. The fraction of sp³-hybridized carbons (Fsp3) is 0.308. The van der Waals surface area contributed by atoms with E-state index in [1.54, 1.807) is 12.1 Å². The second-order valence-corrected chi connectivity index (χ2v) is 4.21. The van der Waals surface area contributed by atoms with Gasteiger partial charge in [0, 0.05) is 5.56 Å². The molecule has 0 aliphatic carbocycles. The van der Waals surface area contributed by atoms with Gasteiger partial charge < -0.3 is 4.74 Å². The van der Waals surface area contributed by atoms with Crippen molar-refractivity contribution < 1.29 is 9.53 Å². The summed E-state index contributed by atoms with van der Waals surface area (Å²) in [7, 11) is 0. The Labute approximate surface area is 111 Å². The van der Waals surface area contributed by atoms with Crippen molar-refractivity contribution in [1.82, 2.24) is 0 Å². The predicted octanol–water partition coefficient (Wildman–Crippen LogP) is 4.54. The molecule has 0 atom stereocenters. The standard InChI is InChI=1S/C13H14Cl2O2/c1-4-8(3)13(16)9-6-7-10(17-5-2)12(15)11(9)14/h6-7H,3-5H2,1-2H3. The van der Waals surface area contributed by atoms with Crippen molar-refractivity contribution in [1.29, 1.82) is 0 Å². The molecule has 0 saturated carbocycles. The first kappa shape index (κ1) is 14.1. The molecule has 4 heteroatoms. The third-order valence-corrected chi connectivity index (χ3v) is 3.20. The number of allylic oxidation sites excluding steroid dienone is 1. The fourth-order valence-electron chi connectivity index (χ4n) is 1.33. The molecule has 1 rings (SSSR count). The zero-order valence-electron chi connectivity index (χ0n) is 9.85. The largest absolute Gasteiger partial charge is 0.492 e. The number of carbonyl (C=O) groups excluding carboxylic acids is 1. The number of carbonyl (C=O) groups is 1. The van der Waals surface area contributed by atoms with E-state index in [0.29, 0.717) is 29.9 Å². The number of hydrogen-bond donors (Lipinski definition) is 0. The van der Waals surface area contributed by atoms with Gasteiger partial charge in [-0.05, 0) is 31.1 Å². The van der Waals surface area contributed by atoms with E-state index in [1.165, 1.54) is 0 Å². The van der Waals surface area contributed by atoms with Crippen molar-refractivity contribution in [2.75, 3.05) is 6.61 Å². The first-order valence-electron chi connectivity index (χ1n) is 5.36. The number of Topliss-reactive ketones (excluding diaryl/α,β-unsaturated/α-hetero) is 1. The van der Waals surface area contributed by atoms with Gasteiger partial charge in [-0.3, -0.25) is 4.79 Å². The maximum atomic E-state index is 11.9. The number of ketones is 1. The van der Waals surface area contributed by atoms with Gasteiger partial charge in [-0.15, -0.1) is 0 Å². The number of hydrogen-bond acceptors (Lipinski definition) is 2. The molecule has 0 aliphatic heterocycles. The minimum Gasteiger partial charge on any atom is -0.492 e. The normalized spacial score (nSPS) is 10.1. The summed E-state index contributed by atoms with van der Waals surface area (Å²) in [5, 5.41) is 0.487. The van der Waals surface area contributed by atoms with Crippen LogP contribution < -0.4 is 4.74 Å². The van der Waals surface area contributed by atoms with Crippen LogP contribution in [0.1, 0.15) is 30.6 Å². The zero-order valence-corrected chi connectivity index (χ0v) is 11.4. The summed E-state index contributed by atoms with van der Waals surface area (Å²) in [6.45, 7) is 7.90. The monoisotopic (exact) mass is 272 g/mol. The molecule has 0 unspecified atom stereocenters. The number of benzene rings is 1. The highest BCUT2D eigenvalue weighted by Gasteiger charge is 2.17. The van der Waals surface area contributed by atoms with Crippen LogP contribution in [0.3, 0.4) is 0 Å². The maximum Gasteiger partial charge on any atom is 0.189 e. The van der Waals surface area contributed by atoms with E-state index in [2.05, 4.69) is 6.58 Å². The molecular formula is C13H14Cl2O2. The molecule has 1 aromatic carbocycles. The molecular weight excluding hydrogens is 259 g/mol. The van der Waals surface area contributed by atoms with Crippen molar-refractivity contribution in [3.63, 3.8) is 0 Å². The van der Waals surface area contributed by atoms with Crippen LogP contribution in [0, 0.1) is 0 Å². The Hall–Kier alpha value is -0.990. The summed E-state index contributed by atoms with van der Waals surface area (Å²) in [5.74, 6) is 0.306. The lowest BCUT2D eigenvalue weighted by atomic mass is 10.0. The van der Waals surface area contributed by atoms with E-state index < -0.39 is 0 Å². The van der Waals surface area contributed by atoms with Crippen LogP contribution in [0.4, 0.5) is 0 Å². The van der Waals surface area contributed by atoms with Crippen molar-refractivity contribution in [3.05, 3.63) is 39.9 Å². The molecule has 0 N–H and O–H groups in total. The maximum absolute atomic E-state index is 11.9. The van der Waals surface area contributed by atoms with E-state index in [4.69, 9.17) is 27.9 Å². The van der Waals surface area contributed by atoms with Gasteiger partial charge in [0.05, 0.1) is 11.6 Å². The minimum atomic E-state index is -0.178. The third kappa shape index (κ3) is 3.02. The molecule has 0 bridgehead atoms. The Morgan fingerprint density at radius 3 is 2.47 bits per heavy atom. The van der Waals surface area contributed by atoms with Crippen molar-refractivity contribution >= 4 is 29.0 Å². The van der Waals surface area contributed by atoms with E-state index in [-0.39, 0.29) is 15.8 Å².